The van der Waals surface area contributed by atoms with Gasteiger partial charge in [0, 0.05) is 6.04 Å². The fourth-order valence-corrected chi connectivity index (χ4v) is 2.37. The first-order valence-corrected chi connectivity index (χ1v) is 7.11. The number of hydrogen-bond donors (Lipinski definition) is 1. The molecule has 0 bridgehead atoms. The second-order valence-electron chi connectivity index (χ2n) is 5.69. The molecule has 0 spiro atoms. The number of aryl methyl sites for hydroxylation is 2. The predicted molar refractivity (Wildman–Crippen MR) is 76.1 cm³/mol. The minimum Gasteiger partial charge on any atom is -0.493 e. The topological polar surface area (TPSA) is 35.2 Å². The Labute approximate surface area is 111 Å². The second-order valence-corrected chi connectivity index (χ2v) is 5.69. The van der Waals surface area contributed by atoms with Crippen molar-refractivity contribution in [3.63, 3.8) is 0 Å². The van der Waals surface area contributed by atoms with Gasteiger partial charge in [-0.05, 0) is 62.1 Å². The molecule has 1 fully saturated rings. The maximum absolute atomic E-state index is 6.01. The van der Waals surface area contributed by atoms with Crippen molar-refractivity contribution < 1.29 is 4.74 Å². The smallest absolute Gasteiger partial charge is 0.125 e. The van der Waals surface area contributed by atoms with Crippen LogP contribution in [-0.2, 0) is 12.8 Å². The maximum atomic E-state index is 6.01. The molecule has 1 atom stereocenters. The van der Waals surface area contributed by atoms with E-state index in [1.54, 1.807) is 0 Å². The summed E-state index contributed by atoms with van der Waals surface area (Å²) in [4.78, 5) is 0. The van der Waals surface area contributed by atoms with E-state index in [1.165, 1.54) is 29.5 Å². The quantitative estimate of drug-likeness (QED) is 0.837. The highest BCUT2D eigenvalue weighted by Crippen LogP contribution is 2.32. The summed E-state index contributed by atoms with van der Waals surface area (Å²) < 4.78 is 6.01. The Morgan fingerprint density at radius 3 is 2.67 bits per heavy atom. The Kier molecular flexibility index (Phi) is 4.28. The number of benzene rings is 1. The molecule has 0 radical (unpaired) electrons. The van der Waals surface area contributed by atoms with Crippen molar-refractivity contribution in [3.8, 4) is 5.75 Å². The molecule has 2 heteroatoms. The molecule has 1 saturated carbocycles. The largest absolute Gasteiger partial charge is 0.493 e. The SMILES string of the molecule is CCc1cc(CC(C)N)cc(C)c1OCC1CC1. The molecule has 0 aromatic heterocycles. The highest BCUT2D eigenvalue weighted by molar-refractivity contribution is 5.44. The van der Waals surface area contributed by atoms with Crippen LogP contribution in [0.25, 0.3) is 0 Å². The molecule has 2 N–H and O–H groups in total. The summed E-state index contributed by atoms with van der Waals surface area (Å²) in [5, 5.41) is 0. The molecule has 1 aromatic rings. The van der Waals surface area contributed by atoms with E-state index in [-0.39, 0.29) is 6.04 Å². The first-order valence-electron chi connectivity index (χ1n) is 7.11. The summed E-state index contributed by atoms with van der Waals surface area (Å²) in [7, 11) is 0. The van der Waals surface area contributed by atoms with Crippen LogP contribution in [0.15, 0.2) is 12.1 Å². The Balaban J connectivity index is 2.16. The maximum Gasteiger partial charge on any atom is 0.125 e. The van der Waals surface area contributed by atoms with Gasteiger partial charge in [0.15, 0.2) is 0 Å². The van der Waals surface area contributed by atoms with Gasteiger partial charge in [0.25, 0.3) is 0 Å². The van der Waals surface area contributed by atoms with Gasteiger partial charge in [-0.2, -0.15) is 0 Å². The van der Waals surface area contributed by atoms with E-state index in [9.17, 15) is 0 Å². The third-order valence-electron chi connectivity index (χ3n) is 3.51. The summed E-state index contributed by atoms with van der Waals surface area (Å²) in [6.45, 7) is 7.28. The van der Waals surface area contributed by atoms with E-state index in [0.29, 0.717) is 0 Å². The zero-order valence-corrected chi connectivity index (χ0v) is 11.8. The van der Waals surface area contributed by atoms with Crippen LogP contribution in [0.4, 0.5) is 0 Å². The average molecular weight is 247 g/mol. The number of nitrogens with two attached hydrogens (primary N) is 1. The van der Waals surface area contributed by atoms with Crippen LogP contribution in [0.3, 0.4) is 0 Å². The molecule has 0 amide bonds. The minimum atomic E-state index is 0.215. The van der Waals surface area contributed by atoms with Crippen molar-refractivity contribution in [2.45, 2.75) is 52.5 Å². The Morgan fingerprint density at radius 1 is 1.39 bits per heavy atom. The van der Waals surface area contributed by atoms with E-state index >= 15 is 0 Å². The van der Waals surface area contributed by atoms with E-state index in [0.717, 1.165) is 31.1 Å². The summed E-state index contributed by atoms with van der Waals surface area (Å²) >= 11 is 0. The van der Waals surface area contributed by atoms with Crippen molar-refractivity contribution in [2.75, 3.05) is 6.61 Å². The third kappa shape index (κ3) is 3.49. The average Bonchev–Trinajstić information content (AvgIpc) is 3.10. The van der Waals surface area contributed by atoms with Crippen LogP contribution < -0.4 is 10.5 Å². The van der Waals surface area contributed by atoms with Gasteiger partial charge in [0.2, 0.25) is 0 Å². The number of rotatable bonds is 6. The van der Waals surface area contributed by atoms with E-state index < -0.39 is 0 Å². The van der Waals surface area contributed by atoms with Crippen molar-refractivity contribution in [2.24, 2.45) is 11.7 Å². The summed E-state index contributed by atoms with van der Waals surface area (Å²) in [6, 6.07) is 4.70. The molecule has 2 nitrogen and oxygen atoms in total. The summed E-state index contributed by atoms with van der Waals surface area (Å²) in [5.74, 6) is 1.91. The van der Waals surface area contributed by atoms with Crippen LogP contribution in [0.1, 0.15) is 43.4 Å². The molecule has 1 aromatic carbocycles. The lowest BCUT2D eigenvalue weighted by molar-refractivity contribution is 0.295. The van der Waals surface area contributed by atoms with Crippen LogP contribution in [-0.4, -0.2) is 12.6 Å². The van der Waals surface area contributed by atoms with E-state index in [2.05, 4.69) is 32.9 Å². The van der Waals surface area contributed by atoms with Gasteiger partial charge in [-0.1, -0.05) is 19.1 Å². The van der Waals surface area contributed by atoms with Crippen molar-refractivity contribution in [3.05, 3.63) is 28.8 Å². The molecule has 0 saturated heterocycles. The van der Waals surface area contributed by atoms with Crippen LogP contribution in [0, 0.1) is 12.8 Å². The van der Waals surface area contributed by atoms with E-state index in [1.807, 2.05) is 0 Å². The van der Waals surface area contributed by atoms with Gasteiger partial charge in [0.05, 0.1) is 6.61 Å². The third-order valence-corrected chi connectivity index (χ3v) is 3.51. The lowest BCUT2D eigenvalue weighted by Gasteiger charge is -2.16. The predicted octanol–water partition coefficient (Wildman–Crippen LogP) is 3.24. The zero-order chi connectivity index (χ0) is 13.1. The molecule has 0 heterocycles. The van der Waals surface area contributed by atoms with Gasteiger partial charge >= 0.3 is 0 Å². The van der Waals surface area contributed by atoms with Crippen LogP contribution in [0.2, 0.25) is 0 Å². The fourth-order valence-electron chi connectivity index (χ4n) is 2.37. The lowest BCUT2D eigenvalue weighted by Crippen LogP contribution is -2.18. The van der Waals surface area contributed by atoms with Gasteiger partial charge in [-0.15, -0.1) is 0 Å². The van der Waals surface area contributed by atoms with Gasteiger partial charge in [-0.25, -0.2) is 0 Å². The van der Waals surface area contributed by atoms with Crippen molar-refractivity contribution >= 4 is 0 Å². The van der Waals surface area contributed by atoms with Gasteiger partial charge < -0.3 is 10.5 Å². The molecule has 18 heavy (non-hydrogen) atoms. The Hall–Kier alpha value is -1.02. The summed E-state index contributed by atoms with van der Waals surface area (Å²) in [6.07, 6.45) is 4.64. The molecule has 2 rings (SSSR count). The highest BCUT2D eigenvalue weighted by Gasteiger charge is 2.22. The van der Waals surface area contributed by atoms with Gasteiger partial charge in [0.1, 0.15) is 5.75 Å². The fraction of sp³-hybridized carbons (Fsp3) is 0.625. The van der Waals surface area contributed by atoms with Crippen LogP contribution >= 0.6 is 0 Å². The number of ether oxygens (including phenoxy) is 1. The Morgan fingerprint density at radius 2 is 2.11 bits per heavy atom. The highest BCUT2D eigenvalue weighted by atomic mass is 16.5. The molecule has 1 unspecified atom stereocenters. The molecule has 100 valence electrons. The Bertz CT molecular complexity index is 408. The van der Waals surface area contributed by atoms with Crippen LogP contribution in [0.5, 0.6) is 5.75 Å². The van der Waals surface area contributed by atoms with E-state index in [4.69, 9.17) is 10.5 Å². The first-order chi connectivity index (χ1) is 8.60. The van der Waals surface area contributed by atoms with Crippen molar-refractivity contribution in [1.82, 2.24) is 0 Å². The van der Waals surface area contributed by atoms with Gasteiger partial charge in [-0.3, -0.25) is 0 Å². The monoisotopic (exact) mass is 247 g/mol. The molecule has 1 aliphatic carbocycles. The minimum absolute atomic E-state index is 0.215. The normalized spacial score (nSPS) is 16.7. The molecule has 1 aliphatic rings. The standard InChI is InChI=1S/C16H25NO/c1-4-15-9-14(8-12(3)17)7-11(2)16(15)18-10-13-5-6-13/h7,9,12-13H,4-6,8,10,17H2,1-3H3. The zero-order valence-electron chi connectivity index (χ0n) is 11.8. The van der Waals surface area contributed by atoms with Crippen molar-refractivity contribution in [1.29, 1.82) is 0 Å². The number of hydrogen-bond acceptors (Lipinski definition) is 2. The molecular formula is C16H25NO. The molecule has 0 aliphatic heterocycles. The first kappa shape index (κ1) is 13.4. The second kappa shape index (κ2) is 5.75. The summed E-state index contributed by atoms with van der Waals surface area (Å²) in [5.41, 5.74) is 9.79. The lowest BCUT2D eigenvalue weighted by atomic mass is 9.99. The molecular weight excluding hydrogens is 222 g/mol.